The molecule has 4 aromatic rings. The van der Waals surface area contributed by atoms with Gasteiger partial charge >= 0.3 is 5.69 Å². The second-order valence-corrected chi connectivity index (χ2v) is 7.79. The summed E-state index contributed by atoms with van der Waals surface area (Å²) >= 11 is 0. The lowest BCUT2D eigenvalue weighted by molar-refractivity contribution is -0.134. The van der Waals surface area contributed by atoms with Crippen molar-refractivity contribution < 1.29 is 23.8 Å². The average molecular weight is 541 g/mol. The van der Waals surface area contributed by atoms with Crippen molar-refractivity contribution in [3.63, 3.8) is 0 Å². The number of nitrogen functional groups attached to an aromatic ring is 1. The number of hydrogen-bond donors (Lipinski definition) is 6. The Morgan fingerprint density at radius 3 is 2.36 bits per heavy atom. The number of hydrogen-bond acceptors (Lipinski definition) is 9. The lowest BCUT2D eigenvalue weighted by Crippen LogP contribution is -2.25. The third-order valence-electron chi connectivity index (χ3n) is 5.12. The summed E-state index contributed by atoms with van der Waals surface area (Å²) in [5.41, 5.74) is 5.23. The van der Waals surface area contributed by atoms with Gasteiger partial charge in [-0.25, -0.2) is 14.2 Å². The summed E-state index contributed by atoms with van der Waals surface area (Å²) < 4.78 is 26.5. The highest BCUT2D eigenvalue weighted by atomic mass is 19.1. The van der Waals surface area contributed by atoms with Gasteiger partial charge in [0, 0.05) is 42.2 Å². The monoisotopic (exact) mass is 540 g/mol. The normalized spacial score (nSPS) is 11.1. The molecule has 39 heavy (non-hydrogen) atoms. The first-order chi connectivity index (χ1) is 18.5. The van der Waals surface area contributed by atoms with Gasteiger partial charge in [0.05, 0.1) is 14.2 Å². The number of ether oxygens (including phenoxy) is 2. The lowest BCUT2D eigenvalue weighted by atomic mass is 10.0. The molecular weight excluding hydrogens is 515 g/mol. The third kappa shape index (κ3) is 6.65. The molecular formula is C24H25FN8O6. The number of amidine groups is 1. The van der Waals surface area contributed by atoms with Crippen molar-refractivity contribution in [2.24, 2.45) is 5.73 Å². The molecule has 0 fully saturated rings. The van der Waals surface area contributed by atoms with Gasteiger partial charge in [-0.05, 0) is 30.3 Å². The first-order valence-corrected chi connectivity index (χ1v) is 11.1. The molecule has 15 heteroatoms. The van der Waals surface area contributed by atoms with Gasteiger partial charge in [-0.2, -0.15) is 4.68 Å². The topological polar surface area (TPSA) is 214 Å². The van der Waals surface area contributed by atoms with Crippen LogP contribution in [-0.2, 0) is 4.79 Å². The molecule has 0 saturated heterocycles. The molecule has 7 N–H and O–H groups in total. The maximum Gasteiger partial charge on any atom is 0.349 e. The zero-order chi connectivity index (χ0) is 28.7. The number of halogens is 1. The smallest absolute Gasteiger partial charge is 0.349 e. The van der Waals surface area contributed by atoms with Crippen LogP contribution in [0.2, 0.25) is 0 Å². The molecule has 0 spiro atoms. The summed E-state index contributed by atoms with van der Waals surface area (Å²) in [4.78, 5) is 42.7. The SMILES string of the molecule is CC(=O)O.COc1cc(F)c([C@H](Nc2ccc(C(=N)N)cc2)c2nn(-c3ncc[nH]c3=O)c(=O)[nH]2)cc1OC. The molecule has 0 unspecified atom stereocenters. The van der Waals surface area contributed by atoms with Crippen LogP contribution in [0.5, 0.6) is 11.5 Å². The first kappa shape index (κ1) is 28.1. The second-order valence-electron chi connectivity index (χ2n) is 7.79. The van der Waals surface area contributed by atoms with Crippen LogP contribution >= 0.6 is 0 Å². The van der Waals surface area contributed by atoms with Crippen LogP contribution in [0.3, 0.4) is 0 Å². The number of anilines is 1. The highest BCUT2D eigenvalue weighted by molar-refractivity contribution is 5.95. The largest absolute Gasteiger partial charge is 0.493 e. The predicted octanol–water partition coefficient (Wildman–Crippen LogP) is 1.38. The molecule has 2 aromatic heterocycles. The number of aromatic nitrogens is 5. The highest BCUT2D eigenvalue weighted by Crippen LogP contribution is 2.35. The summed E-state index contributed by atoms with van der Waals surface area (Å²) in [6, 6.07) is 8.04. The van der Waals surface area contributed by atoms with Crippen LogP contribution in [-0.4, -0.2) is 55.9 Å². The summed E-state index contributed by atoms with van der Waals surface area (Å²) in [5, 5.41) is 22.3. The maximum absolute atomic E-state index is 15.2. The fourth-order valence-corrected chi connectivity index (χ4v) is 3.41. The molecule has 4 rings (SSSR count). The number of methoxy groups -OCH3 is 2. The number of aliphatic carboxylic acids is 1. The van der Waals surface area contributed by atoms with Crippen molar-refractivity contribution in [2.75, 3.05) is 19.5 Å². The maximum atomic E-state index is 15.2. The van der Waals surface area contributed by atoms with Crippen molar-refractivity contribution in [3.05, 3.63) is 92.4 Å². The molecule has 0 radical (unpaired) electrons. The van der Waals surface area contributed by atoms with E-state index in [4.69, 9.17) is 30.5 Å². The predicted molar refractivity (Wildman–Crippen MR) is 138 cm³/mol. The zero-order valence-corrected chi connectivity index (χ0v) is 21.0. The molecule has 0 saturated carbocycles. The van der Waals surface area contributed by atoms with Crippen molar-refractivity contribution in [3.8, 4) is 17.3 Å². The minimum Gasteiger partial charge on any atom is -0.493 e. The lowest BCUT2D eigenvalue weighted by Gasteiger charge is -2.20. The van der Waals surface area contributed by atoms with E-state index in [9.17, 15) is 9.59 Å². The minimum atomic E-state index is -1.03. The minimum absolute atomic E-state index is 0.00168. The quantitative estimate of drug-likeness (QED) is 0.139. The van der Waals surface area contributed by atoms with Gasteiger partial charge in [0.1, 0.15) is 17.7 Å². The number of nitrogens with one attached hydrogen (secondary N) is 4. The Kier molecular flexibility index (Phi) is 8.78. The van der Waals surface area contributed by atoms with Gasteiger partial charge < -0.3 is 30.6 Å². The molecule has 0 aliphatic carbocycles. The van der Waals surface area contributed by atoms with E-state index in [1.807, 2.05) is 0 Å². The Balaban J connectivity index is 0.000000983. The molecule has 2 aromatic carbocycles. The number of carboxylic acids is 1. The van der Waals surface area contributed by atoms with Crippen LogP contribution in [0.15, 0.2) is 58.4 Å². The van der Waals surface area contributed by atoms with Crippen molar-refractivity contribution in [2.45, 2.75) is 13.0 Å². The molecule has 0 aliphatic rings. The van der Waals surface area contributed by atoms with Crippen molar-refractivity contribution >= 4 is 17.5 Å². The van der Waals surface area contributed by atoms with Crippen LogP contribution < -0.4 is 31.8 Å². The van der Waals surface area contributed by atoms with E-state index in [0.717, 1.165) is 17.7 Å². The Bertz CT molecular complexity index is 1590. The summed E-state index contributed by atoms with van der Waals surface area (Å²) in [5.74, 6) is -1.42. The number of nitrogens with zero attached hydrogens (tertiary/aromatic N) is 3. The number of nitrogens with two attached hydrogens (primary N) is 1. The number of aromatic amines is 2. The Morgan fingerprint density at radius 1 is 1.18 bits per heavy atom. The molecule has 14 nitrogen and oxygen atoms in total. The van der Waals surface area contributed by atoms with Crippen LogP contribution in [0.1, 0.15) is 29.9 Å². The van der Waals surface area contributed by atoms with E-state index >= 15 is 4.39 Å². The molecule has 0 bridgehead atoms. The fourth-order valence-electron chi connectivity index (χ4n) is 3.41. The van der Waals surface area contributed by atoms with Gasteiger partial charge in [0.15, 0.2) is 17.3 Å². The van der Waals surface area contributed by atoms with Gasteiger partial charge in [-0.3, -0.25) is 20.0 Å². The number of carbonyl (C=O) groups is 1. The zero-order valence-electron chi connectivity index (χ0n) is 21.0. The standard InChI is InChI=1S/C22H21FN8O4.C2H4O2/c1-34-15-9-13(14(23)10-16(15)35-2)17(28-12-5-3-11(4-6-12)18(24)25)19-29-22(33)31(30-19)20-21(32)27-8-7-26-20;1-2(3)4/h3-10,17,28H,1-2H3,(H3,24,25)(H,27,32)(H,29,30,33);1H3,(H,3,4)/t17-;/m0./s1. The van der Waals surface area contributed by atoms with Gasteiger partial charge in [0.2, 0.25) is 5.82 Å². The molecule has 0 amide bonds. The van der Waals surface area contributed by atoms with E-state index in [1.165, 1.54) is 32.7 Å². The van der Waals surface area contributed by atoms with Crippen LogP contribution in [0, 0.1) is 11.2 Å². The number of benzene rings is 2. The number of carboxylic acid groups (broad SMARTS) is 1. The summed E-state index contributed by atoms with van der Waals surface area (Å²) in [6.07, 6.45) is 2.62. The van der Waals surface area contributed by atoms with Crippen molar-refractivity contribution in [1.82, 2.24) is 24.7 Å². The summed E-state index contributed by atoms with van der Waals surface area (Å²) in [6.45, 7) is 1.08. The van der Waals surface area contributed by atoms with Gasteiger partial charge in [0.25, 0.3) is 11.5 Å². The molecule has 0 aliphatic heterocycles. The molecule has 2 heterocycles. The van der Waals surface area contributed by atoms with Gasteiger partial charge in [-0.1, -0.05) is 0 Å². The Labute approximate surface area is 219 Å². The van der Waals surface area contributed by atoms with E-state index < -0.39 is 29.1 Å². The Morgan fingerprint density at radius 2 is 1.79 bits per heavy atom. The van der Waals surface area contributed by atoms with E-state index in [0.29, 0.717) is 11.3 Å². The third-order valence-corrected chi connectivity index (χ3v) is 5.12. The second kappa shape index (κ2) is 12.2. The van der Waals surface area contributed by atoms with E-state index in [-0.39, 0.29) is 34.5 Å². The first-order valence-electron chi connectivity index (χ1n) is 11.1. The van der Waals surface area contributed by atoms with Crippen molar-refractivity contribution in [1.29, 1.82) is 5.41 Å². The number of H-pyrrole nitrogens is 2. The van der Waals surface area contributed by atoms with E-state index in [1.54, 1.807) is 24.3 Å². The van der Waals surface area contributed by atoms with E-state index in [2.05, 4.69) is 25.4 Å². The summed E-state index contributed by atoms with van der Waals surface area (Å²) in [7, 11) is 2.79. The highest BCUT2D eigenvalue weighted by Gasteiger charge is 2.26. The molecule has 204 valence electrons. The average Bonchev–Trinajstić information content (AvgIpc) is 3.28. The van der Waals surface area contributed by atoms with Crippen LogP contribution in [0.25, 0.3) is 5.82 Å². The molecule has 1 atom stereocenters. The fraction of sp³-hybridized carbons (Fsp3) is 0.167. The number of rotatable bonds is 8. The van der Waals surface area contributed by atoms with Crippen LogP contribution in [0.4, 0.5) is 10.1 Å². The Hall–Kier alpha value is -5.47. The van der Waals surface area contributed by atoms with Gasteiger partial charge in [-0.15, -0.1) is 5.10 Å².